The van der Waals surface area contributed by atoms with E-state index >= 15 is 0 Å². The third-order valence-corrected chi connectivity index (χ3v) is 15.9. The molecule has 0 bridgehead atoms. The minimum Gasteiger partial charge on any atom is -0.472 e. The number of hydrogen-bond acceptors (Lipinski definition) is 7. The van der Waals surface area contributed by atoms with Gasteiger partial charge >= 0.3 is 6.09 Å². The maximum absolute atomic E-state index is 14.0. The van der Waals surface area contributed by atoms with Gasteiger partial charge in [0.1, 0.15) is 17.3 Å². The molecule has 2 saturated heterocycles. The lowest BCUT2D eigenvalue weighted by Gasteiger charge is -2.38. The summed E-state index contributed by atoms with van der Waals surface area (Å²) < 4.78 is 43.6. The largest absolute Gasteiger partial charge is 0.472 e. The Hall–Kier alpha value is -3.71. The number of sulfonamides is 1. The van der Waals surface area contributed by atoms with Crippen LogP contribution in [0.1, 0.15) is 39.2 Å². The van der Waals surface area contributed by atoms with Gasteiger partial charge in [0.2, 0.25) is 15.9 Å². The van der Waals surface area contributed by atoms with Gasteiger partial charge in [-0.2, -0.15) is 9.29 Å². The standard InChI is InChI=1S/C34H42N4O6SSi/c1-34(2,3)46(4,5)44-26-16-19-36(22-26)31-27(29-20-25-14-9-10-15-28(25)38(29)33(39)40)21-30(45(41,42)37-17-11-18-37)32(35-31)43-23-24-12-7-6-8-13-24/h6-10,12-15,20-21,26H,11,16-19,22-23H2,1-5H3,(H,39,40). The zero-order chi connectivity index (χ0) is 32.9. The minimum absolute atomic E-state index is 0.00116. The summed E-state index contributed by atoms with van der Waals surface area (Å²) in [6.07, 6.45) is 0.330. The van der Waals surface area contributed by atoms with Gasteiger partial charge in [-0.3, -0.25) is 0 Å². The van der Waals surface area contributed by atoms with Gasteiger partial charge in [-0.25, -0.2) is 17.8 Å². The van der Waals surface area contributed by atoms with Crippen LogP contribution in [0.5, 0.6) is 5.88 Å². The van der Waals surface area contributed by atoms with Gasteiger partial charge in [0.25, 0.3) is 0 Å². The van der Waals surface area contributed by atoms with Crippen molar-refractivity contribution in [3.63, 3.8) is 0 Å². The van der Waals surface area contributed by atoms with Crippen molar-refractivity contribution in [3.8, 4) is 17.1 Å². The fourth-order valence-electron chi connectivity index (χ4n) is 5.75. The van der Waals surface area contributed by atoms with E-state index in [-0.39, 0.29) is 28.5 Å². The number of benzene rings is 2. The van der Waals surface area contributed by atoms with Crippen molar-refractivity contribution in [2.45, 2.75) is 69.4 Å². The second kappa shape index (κ2) is 12.1. The molecule has 4 heterocycles. The molecule has 0 spiro atoms. The first-order chi connectivity index (χ1) is 21.8. The van der Waals surface area contributed by atoms with E-state index in [1.54, 1.807) is 24.3 Å². The van der Waals surface area contributed by atoms with Crippen LogP contribution in [0.4, 0.5) is 10.6 Å². The lowest BCUT2D eigenvalue weighted by molar-refractivity contribution is 0.197. The summed E-state index contributed by atoms with van der Waals surface area (Å²) in [6, 6.07) is 20.1. The number of ether oxygens (including phenoxy) is 1. The molecule has 0 saturated carbocycles. The van der Waals surface area contributed by atoms with Crippen LogP contribution in [0, 0.1) is 0 Å². The molecule has 0 aliphatic carbocycles. The molecule has 46 heavy (non-hydrogen) atoms. The Morgan fingerprint density at radius 3 is 2.37 bits per heavy atom. The Kier molecular flexibility index (Phi) is 8.51. The molecule has 0 amide bonds. The van der Waals surface area contributed by atoms with Crippen molar-refractivity contribution < 1.29 is 27.5 Å². The highest BCUT2D eigenvalue weighted by atomic mass is 32.2. The number of hydrogen-bond donors (Lipinski definition) is 1. The van der Waals surface area contributed by atoms with Gasteiger partial charge in [-0.05, 0) is 54.7 Å². The Bertz CT molecular complexity index is 1870. The van der Waals surface area contributed by atoms with E-state index < -0.39 is 24.4 Å². The van der Waals surface area contributed by atoms with E-state index in [0.717, 1.165) is 23.8 Å². The molecule has 2 aliphatic rings. The molecule has 0 radical (unpaired) electrons. The van der Waals surface area contributed by atoms with Gasteiger partial charge in [0.05, 0.1) is 17.3 Å². The number of nitrogens with zero attached hydrogens (tertiary/aromatic N) is 4. The van der Waals surface area contributed by atoms with E-state index in [0.29, 0.717) is 48.8 Å². The molecule has 1 unspecified atom stereocenters. The summed E-state index contributed by atoms with van der Waals surface area (Å²) in [4.78, 5) is 19.7. The number of rotatable bonds is 9. The SMILES string of the molecule is CC(C)(C)[Si](C)(C)OC1CCN(c2nc(OCc3ccccc3)c(S(=O)(=O)N3CCC3)cc2-c2cc3ccccc3n2C(=O)O)C1. The number of carbonyl (C=O) groups is 1. The predicted octanol–water partition coefficient (Wildman–Crippen LogP) is 6.80. The van der Waals surface area contributed by atoms with Crippen molar-refractivity contribution in [3.05, 3.63) is 72.3 Å². The van der Waals surface area contributed by atoms with E-state index in [2.05, 4.69) is 38.8 Å². The Labute approximate surface area is 271 Å². The first-order valence-electron chi connectivity index (χ1n) is 15.7. The molecule has 4 aromatic rings. The molecule has 10 nitrogen and oxygen atoms in total. The van der Waals surface area contributed by atoms with Crippen LogP contribution in [0.3, 0.4) is 0 Å². The molecule has 244 valence electrons. The average molecular weight is 663 g/mol. The topological polar surface area (TPSA) is 114 Å². The highest BCUT2D eigenvalue weighted by Gasteiger charge is 2.42. The third-order valence-electron chi connectivity index (χ3n) is 9.48. The van der Waals surface area contributed by atoms with Gasteiger partial charge in [-0.15, -0.1) is 0 Å². The number of carboxylic acid groups (broad SMARTS) is 1. The first kappa shape index (κ1) is 32.2. The van der Waals surface area contributed by atoms with E-state index in [4.69, 9.17) is 14.1 Å². The van der Waals surface area contributed by atoms with Crippen LogP contribution >= 0.6 is 0 Å². The minimum atomic E-state index is -3.97. The van der Waals surface area contributed by atoms with E-state index in [9.17, 15) is 18.3 Å². The maximum Gasteiger partial charge on any atom is 0.416 e. The summed E-state index contributed by atoms with van der Waals surface area (Å²) in [7, 11) is -6.04. The molecule has 2 aromatic carbocycles. The lowest BCUT2D eigenvalue weighted by atomic mass is 10.1. The summed E-state index contributed by atoms with van der Waals surface area (Å²) in [5.74, 6) is 0.471. The van der Waals surface area contributed by atoms with Crippen molar-refractivity contribution in [1.29, 1.82) is 0 Å². The van der Waals surface area contributed by atoms with Crippen LogP contribution in [0.15, 0.2) is 71.6 Å². The monoisotopic (exact) mass is 662 g/mol. The van der Waals surface area contributed by atoms with Gasteiger partial charge < -0.3 is 19.2 Å². The molecule has 2 aromatic heterocycles. The number of aromatic nitrogens is 2. The van der Waals surface area contributed by atoms with Crippen LogP contribution < -0.4 is 9.64 Å². The smallest absolute Gasteiger partial charge is 0.416 e. The quantitative estimate of drug-likeness (QED) is 0.195. The number of fused-ring (bicyclic) bond motifs is 1. The van der Waals surface area contributed by atoms with Crippen LogP contribution in [-0.2, 0) is 21.1 Å². The average Bonchev–Trinajstić information content (AvgIpc) is 3.59. The van der Waals surface area contributed by atoms with Crippen molar-refractivity contribution in [2.75, 3.05) is 31.1 Å². The molecule has 1 atom stereocenters. The summed E-state index contributed by atoms with van der Waals surface area (Å²) in [5.41, 5.74) is 2.14. The molecule has 2 fully saturated rings. The van der Waals surface area contributed by atoms with E-state index in [1.165, 1.54) is 8.87 Å². The van der Waals surface area contributed by atoms with Crippen LogP contribution in [-0.4, -0.2) is 74.1 Å². The van der Waals surface area contributed by atoms with E-state index in [1.807, 2.05) is 42.5 Å². The molecule has 1 N–H and O–H groups in total. The molecule has 12 heteroatoms. The summed E-state index contributed by atoms with van der Waals surface area (Å²) >= 11 is 0. The highest BCUT2D eigenvalue weighted by Crippen LogP contribution is 2.43. The van der Waals surface area contributed by atoms with Crippen molar-refractivity contribution in [1.82, 2.24) is 13.9 Å². The predicted molar refractivity (Wildman–Crippen MR) is 182 cm³/mol. The van der Waals surface area contributed by atoms with Gasteiger partial charge in [-0.1, -0.05) is 69.3 Å². The van der Waals surface area contributed by atoms with Gasteiger partial charge in [0.15, 0.2) is 8.32 Å². The second-order valence-electron chi connectivity index (χ2n) is 13.6. The number of pyridine rings is 1. The number of anilines is 1. The molecular weight excluding hydrogens is 621 g/mol. The second-order valence-corrected chi connectivity index (χ2v) is 20.3. The Morgan fingerprint density at radius 2 is 1.72 bits per heavy atom. The molecular formula is C34H42N4O6SSi. The highest BCUT2D eigenvalue weighted by molar-refractivity contribution is 7.89. The zero-order valence-corrected chi connectivity index (χ0v) is 28.9. The normalized spacial score (nSPS) is 17.8. The third kappa shape index (κ3) is 6.06. The van der Waals surface area contributed by atoms with Crippen molar-refractivity contribution >= 4 is 41.2 Å². The summed E-state index contributed by atoms with van der Waals surface area (Å²) in [5, 5.41) is 11.2. The number of para-hydroxylation sites is 1. The Morgan fingerprint density at radius 1 is 1.02 bits per heavy atom. The molecule has 2 aliphatic heterocycles. The first-order valence-corrected chi connectivity index (χ1v) is 20.1. The zero-order valence-electron chi connectivity index (χ0n) is 27.1. The fraction of sp³-hybridized carbons (Fsp3) is 0.412. The van der Waals surface area contributed by atoms with Gasteiger partial charge in [0, 0.05) is 37.1 Å². The van der Waals surface area contributed by atoms with Crippen LogP contribution in [0.2, 0.25) is 18.1 Å². The van der Waals surface area contributed by atoms with Crippen LogP contribution in [0.25, 0.3) is 22.2 Å². The maximum atomic E-state index is 14.0. The fourth-order valence-corrected chi connectivity index (χ4v) is 8.74. The summed E-state index contributed by atoms with van der Waals surface area (Å²) in [6.45, 7) is 13.2. The lowest BCUT2D eigenvalue weighted by Crippen LogP contribution is -2.44. The molecule has 6 rings (SSSR count). The van der Waals surface area contributed by atoms with Crippen molar-refractivity contribution in [2.24, 2.45) is 0 Å². The Balaban J connectivity index is 1.51.